The summed E-state index contributed by atoms with van der Waals surface area (Å²) < 4.78 is 2.02. The number of nitrogens with zero attached hydrogens (tertiary/aromatic N) is 3. The minimum absolute atomic E-state index is 0.101. The number of aromatic nitrogens is 2. The zero-order valence-corrected chi connectivity index (χ0v) is 16.4. The van der Waals surface area contributed by atoms with Crippen LogP contribution in [0.2, 0.25) is 0 Å². The lowest BCUT2D eigenvalue weighted by atomic mass is 9.99. The average molecular weight is 384 g/mol. The van der Waals surface area contributed by atoms with Crippen LogP contribution in [0.25, 0.3) is 5.65 Å². The molecule has 4 rings (SSSR count). The molecule has 0 saturated carbocycles. The third kappa shape index (κ3) is 4.14. The minimum Gasteiger partial charge on any atom is -0.327 e. The van der Waals surface area contributed by atoms with E-state index >= 15 is 0 Å². The third-order valence-electron chi connectivity index (χ3n) is 5.05. The molecule has 0 spiro atoms. The van der Waals surface area contributed by atoms with Gasteiger partial charge in [0, 0.05) is 12.7 Å². The first-order chi connectivity index (χ1) is 14.3. The maximum Gasteiger partial charge on any atom is 0.318 e. The first-order valence-electron chi connectivity index (χ1n) is 9.82. The predicted octanol–water partition coefficient (Wildman–Crippen LogP) is 4.66. The number of carbonyl (C=O) groups excluding carboxylic acids is 1. The molecule has 29 heavy (non-hydrogen) atoms. The van der Waals surface area contributed by atoms with Crippen molar-refractivity contribution in [1.82, 2.24) is 19.6 Å². The Morgan fingerprint density at radius 1 is 0.966 bits per heavy atom. The molecule has 0 fully saturated rings. The highest BCUT2D eigenvalue weighted by atomic mass is 16.2. The largest absolute Gasteiger partial charge is 0.327 e. The Hall–Kier alpha value is -3.60. The average Bonchev–Trinajstić information content (AvgIpc) is 3.19. The zero-order chi connectivity index (χ0) is 20.1. The van der Waals surface area contributed by atoms with E-state index in [1.807, 2.05) is 103 Å². The Bertz CT molecular complexity index is 1040. The maximum absolute atomic E-state index is 13.2. The Kier molecular flexibility index (Phi) is 5.56. The first kappa shape index (κ1) is 18.7. The number of hydrogen-bond acceptors (Lipinski definition) is 2. The highest BCUT2D eigenvalue weighted by Gasteiger charge is 2.21. The van der Waals surface area contributed by atoms with Gasteiger partial charge in [0.2, 0.25) is 0 Å². The van der Waals surface area contributed by atoms with Crippen LogP contribution in [0, 0.1) is 0 Å². The van der Waals surface area contributed by atoms with Crippen molar-refractivity contribution in [2.45, 2.75) is 19.5 Å². The van der Waals surface area contributed by atoms with Gasteiger partial charge in [0.05, 0.1) is 24.5 Å². The van der Waals surface area contributed by atoms with Gasteiger partial charge in [-0.2, -0.15) is 0 Å². The number of rotatable bonds is 6. The van der Waals surface area contributed by atoms with Crippen molar-refractivity contribution in [2.24, 2.45) is 0 Å². The van der Waals surface area contributed by atoms with E-state index in [1.165, 1.54) is 0 Å². The smallest absolute Gasteiger partial charge is 0.318 e. The molecule has 0 aliphatic rings. The van der Waals surface area contributed by atoms with Crippen LogP contribution in [0.4, 0.5) is 4.79 Å². The number of hydrogen-bond donors (Lipinski definition) is 1. The van der Waals surface area contributed by atoms with Crippen LogP contribution in [0.15, 0.2) is 91.3 Å². The molecular weight excluding hydrogens is 360 g/mol. The fourth-order valence-corrected chi connectivity index (χ4v) is 3.49. The fourth-order valence-electron chi connectivity index (χ4n) is 3.49. The van der Waals surface area contributed by atoms with Crippen molar-refractivity contribution < 1.29 is 4.79 Å². The number of amides is 2. The summed E-state index contributed by atoms with van der Waals surface area (Å²) in [6.45, 7) is 3.08. The van der Waals surface area contributed by atoms with Gasteiger partial charge in [-0.25, -0.2) is 9.78 Å². The second-order valence-corrected chi connectivity index (χ2v) is 6.90. The summed E-state index contributed by atoms with van der Waals surface area (Å²) >= 11 is 0. The van der Waals surface area contributed by atoms with Crippen molar-refractivity contribution in [3.05, 3.63) is 108 Å². The number of urea groups is 1. The van der Waals surface area contributed by atoms with Gasteiger partial charge in [-0.1, -0.05) is 66.7 Å². The maximum atomic E-state index is 13.2. The predicted molar refractivity (Wildman–Crippen MR) is 115 cm³/mol. The van der Waals surface area contributed by atoms with Gasteiger partial charge in [-0.05, 0) is 30.2 Å². The second kappa shape index (κ2) is 8.61. The number of nitrogens with one attached hydrogen (secondary N) is 1. The van der Waals surface area contributed by atoms with Crippen molar-refractivity contribution >= 4 is 11.7 Å². The third-order valence-corrected chi connectivity index (χ3v) is 5.05. The fraction of sp³-hybridized carbons (Fsp3) is 0.167. The normalized spacial score (nSPS) is 11.0. The van der Waals surface area contributed by atoms with Crippen LogP contribution in [0.1, 0.15) is 29.8 Å². The summed E-state index contributed by atoms with van der Waals surface area (Å²) in [6, 6.07) is 25.7. The van der Waals surface area contributed by atoms with Crippen LogP contribution in [0.5, 0.6) is 0 Å². The molecule has 5 nitrogen and oxygen atoms in total. The van der Waals surface area contributed by atoms with Crippen molar-refractivity contribution in [1.29, 1.82) is 0 Å². The molecule has 5 heteroatoms. The SMILES string of the molecule is CCN(Cc1cnc2ccccn12)C(=O)NC(c1ccccc1)c1ccccc1. The number of pyridine rings is 1. The van der Waals surface area contributed by atoms with Crippen LogP contribution in [-0.2, 0) is 6.54 Å². The Labute approximate surface area is 170 Å². The van der Waals surface area contributed by atoms with Crippen LogP contribution in [0.3, 0.4) is 0 Å². The molecule has 2 aromatic heterocycles. The summed E-state index contributed by atoms with van der Waals surface area (Å²) in [6.07, 6.45) is 3.80. The Morgan fingerprint density at radius 3 is 2.21 bits per heavy atom. The molecule has 0 unspecified atom stereocenters. The van der Waals surface area contributed by atoms with E-state index in [0.717, 1.165) is 22.5 Å². The van der Waals surface area contributed by atoms with Gasteiger partial charge in [0.15, 0.2) is 0 Å². The zero-order valence-electron chi connectivity index (χ0n) is 16.4. The standard InChI is InChI=1S/C24H24N4O/c1-2-27(18-21-17-25-22-15-9-10-16-28(21)22)24(29)26-23(19-11-5-3-6-12-19)20-13-7-4-8-14-20/h3-17,23H,2,18H2,1H3,(H,26,29). The molecule has 1 N–H and O–H groups in total. The summed E-state index contributed by atoms with van der Waals surface area (Å²) in [5.74, 6) is 0. The molecule has 0 saturated heterocycles. The molecule has 146 valence electrons. The molecule has 0 radical (unpaired) electrons. The van der Waals surface area contributed by atoms with E-state index in [9.17, 15) is 4.79 Å². The number of imidazole rings is 1. The second-order valence-electron chi connectivity index (χ2n) is 6.90. The quantitative estimate of drug-likeness (QED) is 0.526. The van der Waals surface area contributed by atoms with E-state index in [0.29, 0.717) is 13.1 Å². The monoisotopic (exact) mass is 384 g/mol. The molecule has 4 aromatic rings. The number of carbonyl (C=O) groups is 1. The van der Waals surface area contributed by atoms with Gasteiger partial charge in [-0.15, -0.1) is 0 Å². The van der Waals surface area contributed by atoms with E-state index in [-0.39, 0.29) is 12.1 Å². The molecule has 0 atom stereocenters. The van der Waals surface area contributed by atoms with Gasteiger partial charge in [0.1, 0.15) is 5.65 Å². The molecule has 0 aliphatic carbocycles. The summed E-state index contributed by atoms with van der Waals surface area (Å²) in [5.41, 5.74) is 3.97. The van der Waals surface area contributed by atoms with Gasteiger partial charge in [-0.3, -0.25) is 0 Å². The van der Waals surface area contributed by atoms with Crippen LogP contribution < -0.4 is 5.32 Å². The number of fused-ring (bicyclic) bond motifs is 1. The van der Waals surface area contributed by atoms with E-state index in [1.54, 1.807) is 4.90 Å². The summed E-state index contributed by atoms with van der Waals surface area (Å²) in [5, 5.41) is 3.22. The molecular formula is C24H24N4O. The summed E-state index contributed by atoms with van der Waals surface area (Å²) in [7, 11) is 0. The van der Waals surface area contributed by atoms with Gasteiger partial charge in [0.25, 0.3) is 0 Å². The lowest BCUT2D eigenvalue weighted by molar-refractivity contribution is 0.195. The van der Waals surface area contributed by atoms with Crippen molar-refractivity contribution in [2.75, 3.05) is 6.54 Å². The minimum atomic E-state index is -0.207. The Morgan fingerprint density at radius 2 is 1.59 bits per heavy atom. The Balaban J connectivity index is 1.57. The lowest BCUT2D eigenvalue weighted by Crippen LogP contribution is -2.41. The lowest BCUT2D eigenvalue weighted by Gasteiger charge is -2.26. The summed E-state index contributed by atoms with van der Waals surface area (Å²) in [4.78, 5) is 19.4. The van der Waals surface area contributed by atoms with E-state index in [4.69, 9.17) is 0 Å². The molecule has 0 bridgehead atoms. The number of benzene rings is 2. The highest BCUT2D eigenvalue weighted by Crippen LogP contribution is 2.22. The van der Waals surface area contributed by atoms with E-state index in [2.05, 4.69) is 10.3 Å². The van der Waals surface area contributed by atoms with Crippen molar-refractivity contribution in [3.8, 4) is 0 Å². The highest BCUT2D eigenvalue weighted by molar-refractivity contribution is 5.75. The van der Waals surface area contributed by atoms with Crippen LogP contribution >= 0.6 is 0 Å². The topological polar surface area (TPSA) is 49.6 Å². The molecule has 2 aromatic carbocycles. The molecule has 2 amide bonds. The van der Waals surface area contributed by atoms with Crippen molar-refractivity contribution in [3.63, 3.8) is 0 Å². The molecule has 2 heterocycles. The molecule has 0 aliphatic heterocycles. The van der Waals surface area contributed by atoms with Gasteiger partial charge >= 0.3 is 6.03 Å². The van der Waals surface area contributed by atoms with Crippen LogP contribution in [-0.4, -0.2) is 26.9 Å². The van der Waals surface area contributed by atoms with Gasteiger partial charge < -0.3 is 14.6 Å². The first-order valence-corrected chi connectivity index (χ1v) is 9.82. The van der Waals surface area contributed by atoms with E-state index < -0.39 is 0 Å².